The van der Waals surface area contributed by atoms with Crippen LogP contribution < -0.4 is 5.73 Å². The number of phenols is 1. The highest BCUT2D eigenvalue weighted by atomic mass is 32.2. The van der Waals surface area contributed by atoms with Crippen LogP contribution in [0.4, 0.5) is 5.69 Å². The number of anilines is 1. The fourth-order valence-electron chi connectivity index (χ4n) is 1.94. The number of rotatable bonds is 3. The Morgan fingerprint density at radius 3 is 2.80 bits per heavy atom. The minimum absolute atomic E-state index is 0.117. The Labute approximate surface area is 120 Å². The van der Waals surface area contributed by atoms with Crippen LogP contribution >= 0.6 is 11.8 Å². The van der Waals surface area contributed by atoms with Gasteiger partial charge in [-0.25, -0.2) is 9.97 Å². The molecule has 0 aliphatic rings. The van der Waals surface area contributed by atoms with E-state index >= 15 is 0 Å². The fraction of sp³-hybridized carbons (Fsp3) is 0.0667. The Bertz CT molecular complexity index is 756. The van der Waals surface area contributed by atoms with Crippen molar-refractivity contribution >= 4 is 28.4 Å². The topological polar surface area (TPSA) is 72.0 Å². The second kappa shape index (κ2) is 5.38. The van der Waals surface area contributed by atoms with Gasteiger partial charge in [0, 0.05) is 11.1 Å². The molecule has 0 aliphatic heterocycles. The number of nitrogens with zero attached hydrogens (tertiary/aromatic N) is 2. The van der Waals surface area contributed by atoms with Gasteiger partial charge in [-0.3, -0.25) is 0 Å². The molecule has 0 unspecified atom stereocenters. The minimum atomic E-state index is 0.117. The maximum Gasteiger partial charge on any atom is 0.138 e. The highest BCUT2D eigenvalue weighted by molar-refractivity contribution is 7.98. The molecule has 2 aromatic carbocycles. The van der Waals surface area contributed by atoms with Gasteiger partial charge in [0.15, 0.2) is 0 Å². The highest BCUT2D eigenvalue weighted by Crippen LogP contribution is 2.29. The molecule has 0 atom stereocenters. The summed E-state index contributed by atoms with van der Waals surface area (Å²) in [5.74, 6) is 0.858. The van der Waals surface area contributed by atoms with Crippen LogP contribution in [0.15, 0.2) is 53.8 Å². The number of aromatic hydroxyl groups is 1. The summed E-state index contributed by atoms with van der Waals surface area (Å²) in [6, 6.07) is 13.2. The average molecular weight is 283 g/mol. The largest absolute Gasteiger partial charge is 0.506 e. The van der Waals surface area contributed by atoms with E-state index < -0.39 is 0 Å². The van der Waals surface area contributed by atoms with Gasteiger partial charge in [0.1, 0.15) is 17.1 Å². The first kappa shape index (κ1) is 12.7. The van der Waals surface area contributed by atoms with Crippen molar-refractivity contribution in [1.29, 1.82) is 0 Å². The minimum Gasteiger partial charge on any atom is -0.506 e. The summed E-state index contributed by atoms with van der Waals surface area (Å²) in [5.41, 5.74) is 8.08. The van der Waals surface area contributed by atoms with Crippen LogP contribution in [0.2, 0.25) is 0 Å². The number of para-hydroxylation sites is 1. The van der Waals surface area contributed by atoms with Crippen LogP contribution in [-0.2, 0) is 5.75 Å². The van der Waals surface area contributed by atoms with Crippen LogP contribution in [0.5, 0.6) is 5.75 Å². The smallest absolute Gasteiger partial charge is 0.138 e. The molecule has 0 bridgehead atoms. The molecule has 20 heavy (non-hydrogen) atoms. The number of benzene rings is 2. The molecule has 3 N–H and O–H groups in total. The quantitative estimate of drug-likeness (QED) is 0.334. The van der Waals surface area contributed by atoms with Gasteiger partial charge in [0.05, 0.1) is 11.2 Å². The average Bonchev–Trinajstić information content (AvgIpc) is 2.48. The number of nitrogens with two attached hydrogens (primary N) is 1. The predicted molar refractivity (Wildman–Crippen MR) is 81.6 cm³/mol. The van der Waals surface area contributed by atoms with Crippen LogP contribution in [0, 0.1) is 0 Å². The van der Waals surface area contributed by atoms with Crippen molar-refractivity contribution in [1.82, 2.24) is 9.97 Å². The van der Waals surface area contributed by atoms with Gasteiger partial charge < -0.3 is 10.8 Å². The molecule has 0 saturated heterocycles. The van der Waals surface area contributed by atoms with Gasteiger partial charge in [-0.05, 0) is 23.8 Å². The molecule has 4 nitrogen and oxygen atoms in total. The first-order valence-electron chi connectivity index (χ1n) is 6.14. The van der Waals surface area contributed by atoms with E-state index in [9.17, 15) is 5.11 Å². The Balaban J connectivity index is 1.85. The molecule has 1 aromatic heterocycles. The summed E-state index contributed by atoms with van der Waals surface area (Å²) in [6.07, 6.45) is 1.58. The third-order valence-electron chi connectivity index (χ3n) is 2.97. The summed E-state index contributed by atoms with van der Waals surface area (Å²) in [7, 11) is 0. The van der Waals surface area contributed by atoms with Gasteiger partial charge in [-0.1, -0.05) is 24.3 Å². The lowest BCUT2D eigenvalue weighted by atomic mass is 10.2. The highest BCUT2D eigenvalue weighted by Gasteiger charge is 2.05. The van der Waals surface area contributed by atoms with E-state index in [1.165, 1.54) is 0 Å². The van der Waals surface area contributed by atoms with Crippen LogP contribution in [0.1, 0.15) is 5.56 Å². The van der Waals surface area contributed by atoms with Crippen molar-refractivity contribution in [3.63, 3.8) is 0 Å². The molecule has 100 valence electrons. The second-order valence-electron chi connectivity index (χ2n) is 4.38. The lowest BCUT2D eigenvalue weighted by molar-refractivity contribution is 0.478. The second-order valence-corrected chi connectivity index (χ2v) is 5.34. The molecule has 1 heterocycles. The maximum atomic E-state index is 9.42. The monoisotopic (exact) mass is 283 g/mol. The van der Waals surface area contributed by atoms with Gasteiger partial charge in [-0.2, -0.15) is 0 Å². The SMILES string of the molecule is Nc1cc(CSc2ncnc3ccccc23)ccc1O. The van der Waals surface area contributed by atoms with Crippen molar-refractivity contribution < 1.29 is 5.11 Å². The lowest BCUT2D eigenvalue weighted by Crippen LogP contribution is -1.90. The summed E-state index contributed by atoms with van der Waals surface area (Å²) < 4.78 is 0. The van der Waals surface area contributed by atoms with Crippen molar-refractivity contribution in [3.8, 4) is 5.75 Å². The summed E-state index contributed by atoms with van der Waals surface area (Å²) in [4.78, 5) is 8.58. The summed E-state index contributed by atoms with van der Waals surface area (Å²) in [6.45, 7) is 0. The third-order valence-corrected chi connectivity index (χ3v) is 4.05. The molecular weight excluding hydrogens is 270 g/mol. The van der Waals surface area contributed by atoms with Crippen molar-refractivity contribution in [2.75, 3.05) is 5.73 Å². The number of nitrogen functional groups attached to an aromatic ring is 1. The number of hydrogen-bond donors (Lipinski definition) is 2. The predicted octanol–water partition coefficient (Wildman–Crippen LogP) is 3.21. The van der Waals surface area contributed by atoms with Gasteiger partial charge in [-0.15, -0.1) is 11.8 Å². The first-order chi connectivity index (χ1) is 9.74. The molecule has 0 saturated carbocycles. The molecule has 0 radical (unpaired) electrons. The Morgan fingerprint density at radius 2 is 1.95 bits per heavy atom. The van der Waals surface area contributed by atoms with E-state index in [-0.39, 0.29) is 5.75 Å². The third kappa shape index (κ3) is 2.53. The van der Waals surface area contributed by atoms with E-state index in [1.54, 1.807) is 30.2 Å². The molecule has 0 fully saturated rings. The molecule has 5 heteroatoms. The number of aromatic nitrogens is 2. The lowest BCUT2D eigenvalue weighted by Gasteiger charge is -2.06. The summed E-state index contributed by atoms with van der Waals surface area (Å²) in [5, 5.41) is 11.4. The zero-order chi connectivity index (χ0) is 13.9. The van der Waals surface area contributed by atoms with Crippen molar-refractivity contribution in [2.45, 2.75) is 10.8 Å². The fourth-order valence-corrected chi connectivity index (χ4v) is 2.87. The maximum absolute atomic E-state index is 9.42. The van der Waals surface area contributed by atoms with E-state index in [0.29, 0.717) is 5.69 Å². The molecule has 3 rings (SSSR count). The molecular formula is C15H13N3OS. The van der Waals surface area contributed by atoms with Gasteiger partial charge >= 0.3 is 0 Å². The van der Waals surface area contributed by atoms with Crippen LogP contribution in [0.3, 0.4) is 0 Å². The Morgan fingerprint density at radius 1 is 1.10 bits per heavy atom. The van der Waals surface area contributed by atoms with Crippen molar-refractivity contribution in [3.05, 3.63) is 54.4 Å². The number of fused-ring (bicyclic) bond motifs is 1. The normalized spacial score (nSPS) is 10.8. The molecule has 0 amide bonds. The van der Waals surface area contributed by atoms with Gasteiger partial charge in [0.2, 0.25) is 0 Å². The van der Waals surface area contributed by atoms with Crippen LogP contribution in [0.25, 0.3) is 10.9 Å². The zero-order valence-electron chi connectivity index (χ0n) is 10.7. The Kier molecular flexibility index (Phi) is 3.43. The van der Waals surface area contributed by atoms with Crippen molar-refractivity contribution in [2.24, 2.45) is 0 Å². The first-order valence-corrected chi connectivity index (χ1v) is 7.12. The van der Waals surface area contributed by atoms with Gasteiger partial charge in [0.25, 0.3) is 0 Å². The summed E-state index contributed by atoms with van der Waals surface area (Å²) >= 11 is 1.63. The number of thioether (sulfide) groups is 1. The number of hydrogen-bond acceptors (Lipinski definition) is 5. The van der Waals surface area contributed by atoms with E-state index in [0.717, 1.165) is 27.2 Å². The van der Waals surface area contributed by atoms with E-state index in [1.807, 2.05) is 30.3 Å². The standard InChI is InChI=1S/C15H13N3OS/c16-12-7-10(5-6-14(12)19)8-20-15-11-3-1-2-4-13(11)17-9-18-15/h1-7,9,19H,8,16H2. The zero-order valence-corrected chi connectivity index (χ0v) is 11.5. The molecule has 3 aromatic rings. The number of phenolic OH excluding ortho intramolecular Hbond substituents is 1. The molecule has 0 aliphatic carbocycles. The van der Waals surface area contributed by atoms with E-state index in [2.05, 4.69) is 9.97 Å². The Hall–Kier alpha value is -2.27. The molecule has 0 spiro atoms. The van der Waals surface area contributed by atoms with Crippen LogP contribution in [-0.4, -0.2) is 15.1 Å². The van der Waals surface area contributed by atoms with E-state index in [4.69, 9.17) is 5.73 Å².